The normalized spacial score (nSPS) is 14.5. The summed E-state index contributed by atoms with van der Waals surface area (Å²) >= 11 is 0. The minimum absolute atomic E-state index is 0.0398. The van der Waals surface area contributed by atoms with Gasteiger partial charge in [-0.1, -0.05) is 61.7 Å². The molecule has 0 saturated heterocycles. The van der Waals surface area contributed by atoms with Crippen LogP contribution in [0.15, 0.2) is 78.9 Å². The summed E-state index contributed by atoms with van der Waals surface area (Å²) < 4.78 is 5.32. The number of benzene rings is 3. The summed E-state index contributed by atoms with van der Waals surface area (Å²) in [6, 6.07) is 25.3. The Morgan fingerprint density at radius 3 is 2.08 bits per heavy atom. The zero-order valence-electron chi connectivity index (χ0n) is 22.1. The van der Waals surface area contributed by atoms with Crippen LogP contribution in [-0.4, -0.2) is 43.5 Å². The number of nitrogens with zero attached hydrogens (tertiary/aromatic N) is 2. The second-order valence-electron chi connectivity index (χ2n) is 9.98. The molecule has 6 nitrogen and oxygen atoms in total. The molecular formula is C31H37N3O3. The lowest BCUT2D eigenvalue weighted by Crippen LogP contribution is -2.60. The summed E-state index contributed by atoms with van der Waals surface area (Å²) in [5, 5.41) is 3.15. The Labute approximate surface area is 220 Å². The third-order valence-corrected chi connectivity index (χ3v) is 7.26. The molecule has 0 bridgehead atoms. The second-order valence-corrected chi connectivity index (χ2v) is 9.98. The van der Waals surface area contributed by atoms with Crippen LogP contribution in [-0.2, 0) is 22.6 Å². The van der Waals surface area contributed by atoms with Gasteiger partial charge in [0.15, 0.2) is 0 Å². The molecule has 1 aliphatic rings. The van der Waals surface area contributed by atoms with E-state index in [4.69, 9.17) is 4.74 Å². The largest absolute Gasteiger partial charge is 0.497 e. The van der Waals surface area contributed by atoms with Crippen molar-refractivity contribution in [2.24, 2.45) is 0 Å². The highest BCUT2D eigenvalue weighted by atomic mass is 16.5. The molecule has 0 spiro atoms. The van der Waals surface area contributed by atoms with Gasteiger partial charge in [-0.05, 0) is 60.4 Å². The van der Waals surface area contributed by atoms with E-state index in [0.29, 0.717) is 19.4 Å². The smallest absolute Gasteiger partial charge is 0.250 e. The van der Waals surface area contributed by atoms with Gasteiger partial charge in [0.1, 0.15) is 11.3 Å². The molecule has 3 aromatic carbocycles. The average molecular weight is 500 g/mol. The minimum atomic E-state index is -0.912. The molecule has 1 saturated carbocycles. The van der Waals surface area contributed by atoms with Crippen LogP contribution in [0.4, 0.5) is 11.4 Å². The van der Waals surface area contributed by atoms with E-state index in [-0.39, 0.29) is 18.2 Å². The predicted molar refractivity (Wildman–Crippen MR) is 149 cm³/mol. The molecule has 3 aromatic rings. The third-order valence-electron chi connectivity index (χ3n) is 7.26. The maximum absolute atomic E-state index is 14.1. The van der Waals surface area contributed by atoms with Crippen LogP contribution >= 0.6 is 0 Å². The highest BCUT2D eigenvalue weighted by Crippen LogP contribution is 2.37. The van der Waals surface area contributed by atoms with E-state index in [0.717, 1.165) is 47.5 Å². The highest BCUT2D eigenvalue weighted by molar-refractivity contribution is 6.01. The van der Waals surface area contributed by atoms with E-state index in [9.17, 15) is 9.59 Å². The van der Waals surface area contributed by atoms with Crippen LogP contribution < -0.4 is 15.0 Å². The number of amides is 2. The van der Waals surface area contributed by atoms with Crippen LogP contribution in [0.3, 0.4) is 0 Å². The number of ether oxygens (including phenoxy) is 1. The first-order chi connectivity index (χ1) is 17.9. The van der Waals surface area contributed by atoms with Gasteiger partial charge in [0.25, 0.3) is 0 Å². The third kappa shape index (κ3) is 6.31. The van der Waals surface area contributed by atoms with Crippen molar-refractivity contribution in [2.45, 2.75) is 50.6 Å². The Morgan fingerprint density at radius 1 is 0.838 bits per heavy atom. The van der Waals surface area contributed by atoms with Crippen molar-refractivity contribution < 1.29 is 14.3 Å². The van der Waals surface area contributed by atoms with Crippen molar-refractivity contribution in [3.63, 3.8) is 0 Å². The van der Waals surface area contributed by atoms with Gasteiger partial charge in [-0.25, -0.2) is 0 Å². The van der Waals surface area contributed by atoms with Crippen LogP contribution in [0.5, 0.6) is 5.75 Å². The Balaban J connectivity index is 1.67. The quantitative estimate of drug-likeness (QED) is 0.412. The van der Waals surface area contributed by atoms with E-state index in [2.05, 4.69) is 5.32 Å². The zero-order valence-corrected chi connectivity index (χ0v) is 22.1. The van der Waals surface area contributed by atoms with Crippen molar-refractivity contribution in [1.82, 2.24) is 4.90 Å². The predicted octanol–water partition coefficient (Wildman–Crippen LogP) is 5.67. The summed E-state index contributed by atoms with van der Waals surface area (Å²) in [6.45, 7) is 0.364. The van der Waals surface area contributed by atoms with Gasteiger partial charge in [0.05, 0.1) is 13.5 Å². The summed E-state index contributed by atoms with van der Waals surface area (Å²) in [5.41, 5.74) is 2.79. The summed E-state index contributed by atoms with van der Waals surface area (Å²) in [5.74, 6) is 0.610. The maximum Gasteiger partial charge on any atom is 0.250 e. The number of rotatable bonds is 9. The lowest BCUT2D eigenvalue weighted by molar-refractivity contribution is -0.148. The molecule has 0 unspecified atom stereocenters. The van der Waals surface area contributed by atoms with Gasteiger partial charge >= 0.3 is 0 Å². The van der Waals surface area contributed by atoms with E-state index < -0.39 is 5.54 Å². The van der Waals surface area contributed by atoms with Crippen molar-refractivity contribution >= 4 is 23.2 Å². The Kier molecular flexibility index (Phi) is 8.49. The maximum atomic E-state index is 14.1. The van der Waals surface area contributed by atoms with E-state index in [1.54, 1.807) is 7.11 Å². The molecule has 4 rings (SSSR count). The molecule has 1 fully saturated rings. The number of hydrogen-bond donors (Lipinski definition) is 1. The van der Waals surface area contributed by atoms with Crippen LogP contribution in [0.2, 0.25) is 0 Å². The van der Waals surface area contributed by atoms with Crippen molar-refractivity contribution in [1.29, 1.82) is 0 Å². The first-order valence-corrected chi connectivity index (χ1v) is 13.0. The molecular weight excluding hydrogens is 462 g/mol. The summed E-state index contributed by atoms with van der Waals surface area (Å²) in [6.07, 6.45) is 4.42. The molecule has 2 amide bonds. The number of carbonyl (C=O) groups is 2. The van der Waals surface area contributed by atoms with Gasteiger partial charge in [-0.2, -0.15) is 0 Å². The molecule has 1 N–H and O–H groups in total. The van der Waals surface area contributed by atoms with E-state index in [1.807, 2.05) is 103 Å². The first-order valence-electron chi connectivity index (χ1n) is 13.0. The van der Waals surface area contributed by atoms with Crippen LogP contribution in [0.25, 0.3) is 0 Å². The zero-order chi connectivity index (χ0) is 26.3. The van der Waals surface area contributed by atoms with Crippen LogP contribution in [0.1, 0.15) is 43.2 Å². The Hall–Kier alpha value is -3.80. The monoisotopic (exact) mass is 499 g/mol. The Morgan fingerprint density at radius 2 is 1.49 bits per heavy atom. The molecule has 0 atom stereocenters. The molecule has 6 heteroatoms. The van der Waals surface area contributed by atoms with Gasteiger partial charge in [-0.3, -0.25) is 9.59 Å². The highest BCUT2D eigenvalue weighted by Gasteiger charge is 2.46. The topological polar surface area (TPSA) is 61.9 Å². The van der Waals surface area contributed by atoms with Gasteiger partial charge < -0.3 is 19.9 Å². The van der Waals surface area contributed by atoms with Gasteiger partial charge in [0.2, 0.25) is 11.8 Å². The molecule has 194 valence electrons. The molecule has 37 heavy (non-hydrogen) atoms. The van der Waals surface area contributed by atoms with Crippen molar-refractivity contribution in [2.75, 3.05) is 31.4 Å². The fraction of sp³-hybridized carbons (Fsp3) is 0.355. The number of carbonyl (C=O) groups excluding carboxylic acids is 2. The fourth-order valence-corrected chi connectivity index (χ4v) is 5.10. The standard InChI is InChI=1S/C31H37N3O3/c1-33(2)27-16-14-26(15-17-27)32-30(36)31(20-8-5-9-21-31)34(23-25-12-18-28(37-3)19-13-25)29(35)22-24-10-6-4-7-11-24/h4,6-7,10-19H,5,8-9,20-23H2,1-3H3,(H,32,36). The van der Waals surface area contributed by atoms with Gasteiger partial charge in [-0.15, -0.1) is 0 Å². The molecule has 0 radical (unpaired) electrons. The number of methoxy groups -OCH3 is 1. The lowest BCUT2D eigenvalue weighted by atomic mass is 9.78. The summed E-state index contributed by atoms with van der Waals surface area (Å²) in [4.78, 5) is 31.9. The minimum Gasteiger partial charge on any atom is -0.497 e. The van der Waals surface area contributed by atoms with E-state index in [1.165, 1.54) is 0 Å². The van der Waals surface area contributed by atoms with Crippen molar-refractivity contribution in [3.05, 3.63) is 90.0 Å². The lowest BCUT2D eigenvalue weighted by Gasteiger charge is -2.45. The summed E-state index contributed by atoms with van der Waals surface area (Å²) in [7, 11) is 5.61. The van der Waals surface area contributed by atoms with Crippen LogP contribution in [0, 0.1) is 0 Å². The van der Waals surface area contributed by atoms with Gasteiger partial charge in [0, 0.05) is 32.0 Å². The average Bonchev–Trinajstić information content (AvgIpc) is 2.93. The molecule has 0 aromatic heterocycles. The Bertz CT molecular complexity index is 1170. The number of anilines is 2. The molecule has 0 aliphatic heterocycles. The number of hydrogen-bond acceptors (Lipinski definition) is 4. The van der Waals surface area contributed by atoms with E-state index >= 15 is 0 Å². The first kappa shape index (κ1) is 26.3. The second kappa shape index (κ2) is 12.0. The molecule has 1 aliphatic carbocycles. The SMILES string of the molecule is COc1ccc(CN(C(=O)Cc2ccccc2)C2(C(=O)Nc3ccc(N(C)C)cc3)CCCCC2)cc1. The fourth-order valence-electron chi connectivity index (χ4n) is 5.10. The van der Waals surface area contributed by atoms with Crippen molar-refractivity contribution in [3.8, 4) is 5.75 Å². The number of nitrogens with one attached hydrogen (secondary N) is 1. The molecule has 0 heterocycles.